The zero-order valence-corrected chi connectivity index (χ0v) is 15.3. The number of imidazole rings is 1. The average Bonchev–Trinajstić information content (AvgIpc) is 3.01. The summed E-state index contributed by atoms with van der Waals surface area (Å²) in [6.45, 7) is 0. The van der Waals surface area contributed by atoms with Gasteiger partial charge in [-0.25, -0.2) is 23.7 Å². The normalized spacial score (nSPS) is 20.3. The zero-order chi connectivity index (χ0) is 19.0. The molecule has 1 N–H and O–H groups in total. The lowest BCUT2D eigenvalue weighted by atomic mass is 9.82. The number of hydrogen-bond acceptors (Lipinski definition) is 4. The predicted octanol–water partition coefficient (Wildman–Crippen LogP) is 3.45. The highest BCUT2D eigenvalue weighted by atomic mass is 19.3. The number of aromatic nitrogens is 4. The summed E-state index contributed by atoms with van der Waals surface area (Å²) in [6, 6.07) is 1.51. The van der Waals surface area contributed by atoms with Gasteiger partial charge in [0.2, 0.25) is 5.92 Å². The molecule has 2 saturated carbocycles. The summed E-state index contributed by atoms with van der Waals surface area (Å²) in [6.07, 6.45) is 6.81. The van der Waals surface area contributed by atoms with Gasteiger partial charge in [-0.3, -0.25) is 4.79 Å². The summed E-state index contributed by atoms with van der Waals surface area (Å²) in [4.78, 5) is 25.9. The molecule has 0 unspecified atom stereocenters. The minimum Gasteiger partial charge on any atom is -0.348 e. The summed E-state index contributed by atoms with van der Waals surface area (Å²) >= 11 is 0. The van der Waals surface area contributed by atoms with Gasteiger partial charge in [-0.15, -0.1) is 0 Å². The van der Waals surface area contributed by atoms with E-state index in [-0.39, 0.29) is 37.6 Å². The van der Waals surface area contributed by atoms with Crippen LogP contribution < -0.4 is 5.32 Å². The highest BCUT2D eigenvalue weighted by molar-refractivity contribution is 5.93. The first-order valence-electron chi connectivity index (χ1n) is 9.46. The van der Waals surface area contributed by atoms with E-state index >= 15 is 0 Å². The Morgan fingerprint density at radius 3 is 2.56 bits per heavy atom. The number of alkyl halides is 2. The summed E-state index contributed by atoms with van der Waals surface area (Å²) in [5.41, 5.74) is 1.90. The number of nitrogens with one attached hydrogen (secondary N) is 1. The number of aryl methyl sites for hydroxylation is 1. The van der Waals surface area contributed by atoms with Crippen molar-refractivity contribution in [1.29, 1.82) is 0 Å². The number of hydrogen-bond donors (Lipinski definition) is 1. The lowest BCUT2D eigenvalue weighted by molar-refractivity contribution is -0.0399. The van der Waals surface area contributed by atoms with Crippen molar-refractivity contribution < 1.29 is 13.6 Å². The number of amides is 1. The average molecular weight is 375 g/mol. The van der Waals surface area contributed by atoms with E-state index in [2.05, 4.69) is 20.3 Å². The second-order valence-corrected chi connectivity index (χ2v) is 7.62. The molecule has 27 heavy (non-hydrogen) atoms. The van der Waals surface area contributed by atoms with Gasteiger partial charge in [0.25, 0.3) is 5.91 Å². The second kappa shape index (κ2) is 6.98. The number of nitrogens with zero attached hydrogens (tertiary/aromatic N) is 4. The van der Waals surface area contributed by atoms with E-state index in [1.54, 1.807) is 18.6 Å². The minimum absolute atomic E-state index is 0.185. The topological polar surface area (TPSA) is 72.7 Å². The van der Waals surface area contributed by atoms with Crippen molar-refractivity contribution in [2.24, 2.45) is 7.05 Å². The second-order valence-electron chi connectivity index (χ2n) is 7.62. The maximum Gasteiger partial charge on any atom is 0.270 e. The SMILES string of the molecule is Cn1cncc1-c1nc(C(=O)NC2CCC(F)(F)CC2)cc(C2CCC2)n1. The van der Waals surface area contributed by atoms with Gasteiger partial charge in [0, 0.05) is 37.5 Å². The molecule has 8 heteroatoms. The molecule has 0 aliphatic heterocycles. The van der Waals surface area contributed by atoms with Crippen LogP contribution in [0.2, 0.25) is 0 Å². The Bertz CT molecular complexity index is 836. The Labute approximate surface area is 156 Å². The summed E-state index contributed by atoms with van der Waals surface area (Å²) in [5, 5.41) is 2.88. The molecule has 0 saturated heterocycles. The van der Waals surface area contributed by atoms with Crippen LogP contribution in [0.3, 0.4) is 0 Å². The van der Waals surface area contributed by atoms with E-state index in [4.69, 9.17) is 0 Å². The lowest BCUT2D eigenvalue weighted by Crippen LogP contribution is -2.40. The van der Waals surface area contributed by atoms with Crippen LogP contribution in [-0.2, 0) is 7.05 Å². The maximum atomic E-state index is 13.3. The first kappa shape index (κ1) is 18.0. The fourth-order valence-electron chi connectivity index (χ4n) is 3.63. The van der Waals surface area contributed by atoms with Crippen molar-refractivity contribution in [3.63, 3.8) is 0 Å². The zero-order valence-electron chi connectivity index (χ0n) is 15.3. The van der Waals surface area contributed by atoms with E-state index < -0.39 is 5.92 Å². The van der Waals surface area contributed by atoms with Crippen molar-refractivity contribution in [1.82, 2.24) is 24.8 Å². The van der Waals surface area contributed by atoms with Gasteiger partial charge in [-0.2, -0.15) is 0 Å². The Balaban J connectivity index is 1.57. The molecule has 6 nitrogen and oxygen atoms in total. The van der Waals surface area contributed by atoms with Gasteiger partial charge < -0.3 is 9.88 Å². The molecular formula is C19H23F2N5O. The lowest BCUT2D eigenvalue weighted by Gasteiger charge is -2.29. The van der Waals surface area contributed by atoms with Crippen molar-refractivity contribution in [3.05, 3.63) is 30.0 Å². The van der Waals surface area contributed by atoms with Crippen LogP contribution in [0.1, 0.15) is 67.0 Å². The third-order valence-electron chi connectivity index (χ3n) is 5.60. The Morgan fingerprint density at radius 1 is 1.22 bits per heavy atom. The molecule has 0 spiro atoms. The van der Waals surface area contributed by atoms with Crippen LogP contribution in [0.15, 0.2) is 18.6 Å². The van der Waals surface area contributed by atoms with Gasteiger partial charge in [0.15, 0.2) is 5.82 Å². The van der Waals surface area contributed by atoms with Crippen molar-refractivity contribution in [3.8, 4) is 11.5 Å². The molecule has 0 atom stereocenters. The predicted molar refractivity (Wildman–Crippen MR) is 95.5 cm³/mol. The molecule has 0 bridgehead atoms. The quantitative estimate of drug-likeness (QED) is 0.888. The molecule has 144 valence electrons. The Hall–Kier alpha value is -2.38. The van der Waals surface area contributed by atoms with Crippen LogP contribution in [0.4, 0.5) is 8.78 Å². The van der Waals surface area contributed by atoms with Crippen molar-refractivity contribution in [2.75, 3.05) is 0 Å². The molecule has 2 aliphatic carbocycles. The van der Waals surface area contributed by atoms with Gasteiger partial charge in [-0.05, 0) is 31.7 Å². The van der Waals surface area contributed by atoms with Gasteiger partial charge in [-0.1, -0.05) is 6.42 Å². The molecule has 0 radical (unpaired) electrons. The number of rotatable bonds is 4. The first-order chi connectivity index (χ1) is 12.9. The number of halogens is 2. The van der Waals surface area contributed by atoms with Gasteiger partial charge in [0.05, 0.1) is 12.5 Å². The third-order valence-corrected chi connectivity index (χ3v) is 5.60. The number of carbonyl (C=O) groups excluding carboxylic acids is 1. The molecule has 2 aromatic heterocycles. The fraction of sp³-hybridized carbons (Fsp3) is 0.579. The molecule has 2 fully saturated rings. The third kappa shape index (κ3) is 3.84. The van der Waals surface area contributed by atoms with Crippen LogP contribution in [0, 0.1) is 0 Å². The van der Waals surface area contributed by atoms with E-state index in [1.165, 1.54) is 0 Å². The molecule has 2 aliphatic rings. The van der Waals surface area contributed by atoms with Crippen molar-refractivity contribution >= 4 is 5.91 Å². The van der Waals surface area contributed by atoms with E-state index in [1.807, 2.05) is 11.6 Å². The Kier molecular flexibility index (Phi) is 4.65. The molecule has 2 heterocycles. The van der Waals surface area contributed by atoms with Crippen LogP contribution >= 0.6 is 0 Å². The highest BCUT2D eigenvalue weighted by Gasteiger charge is 2.35. The van der Waals surface area contributed by atoms with E-state index in [9.17, 15) is 13.6 Å². The van der Waals surface area contributed by atoms with E-state index in [0.717, 1.165) is 30.7 Å². The molecule has 4 rings (SSSR count). The number of carbonyl (C=O) groups is 1. The summed E-state index contributed by atoms with van der Waals surface area (Å²) < 4.78 is 28.5. The monoisotopic (exact) mass is 375 g/mol. The van der Waals surface area contributed by atoms with Crippen LogP contribution in [0.5, 0.6) is 0 Å². The first-order valence-corrected chi connectivity index (χ1v) is 9.46. The molecule has 2 aromatic rings. The summed E-state index contributed by atoms with van der Waals surface area (Å²) in [5.74, 6) is -2.11. The molecular weight excluding hydrogens is 352 g/mol. The van der Waals surface area contributed by atoms with Gasteiger partial charge >= 0.3 is 0 Å². The Morgan fingerprint density at radius 2 is 1.96 bits per heavy atom. The van der Waals surface area contributed by atoms with Crippen LogP contribution in [0.25, 0.3) is 11.5 Å². The maximum absolute atomic E-state index is 13.3. The van der Waals surface area contributed by atoms with Crippen molar-refractivity contribution in [2.45, 2.75) is 62.8 Å². The summed E-state index contributed by atoms with van der Waals surface area (Å²) in [7, 11) is 1.85. The molecule has 1 amide bonds. The van der Waals surface area contributed by atoms with Gasteiger partial charge in [0.1, 0.15) is 11.4 Å². The fourth-order valence-corrected chi connectivity index (χ4v) is 3.63. The molecule has 0 aromatic carbocycles. The minimum atomic E-state index is -2.61. The smallest absolute Gasteiger partial charge is 0.270 e. The van der Waals surface area contributed by atoms with E-state index in [0.29, 0.717) is 17.4 Å². The standard InChI is InChI=1S/C19H23F2N5O/c1-26-11-22-10-16(26)17-24-14(12-3-2-4-12)9-15(25-17)18(27)23-13-5-7-19(20,21)8-6-13/h9-13H,2-8H2,1H3,(H,23,27). The van der Waals surface area contributed by atoms with Crippen LogP contribution in [-0.4, -0.2) is 37.4 Å². The largest absolute Gasteiger partial charge is 0.348 e. The highest BCUT2D eigenvalue weighted by Crippen LogP contribution is 2.36.